The number of esters is 3. The maximum Gasteiger partial charge on any atom is 0.351 e. The van der Waals surface area contributed by atoms with Crippen LogP contribution in [0.1, 0.15) is 41.0 Å². The average Bonchev–Trinajstić information content (AvgIpc) is 3.01. The molecule has 0 saturated carbocycles. The van der Waals surface area contributed by atoms with Gasteiger partial charge in [0.25, 0.3) is 0 Å². The molecule has 0 aromatic carbocycles. The van der Waals surface area contributed by atoms with Gasteiger partial charge in [0.1, 0.15) is 12.2 Å². The third-order valence-electron chi connectivity index (χ3n) is 6.02. The first-order valence-electron chi connectivity index (χ1n) is 9.77. The molecule has 1 aliphatic heterocycles. The lowest BCUT2D eigenvalue weighted by molar-refractivity contribution is -0.175. The van der Waals surface area contributed by atoms with Gasteiger partial charge < -0.3 is 14.2 Å². The molecule has 0 amide bonds. The Balaban J connectivity index is 2.13. The summed E-state index contributed by atoms with van der Waals surface area (Å²) in [5.74, 6) is -3.56. The molecule has 7 heteroatoms. The molecule has 1 saturated heterocycles. The lowest BCUT2D eigenvalue weighted by atomic mass is 9.77. The van der Waals surface area contributed by atoms with Crippen LogP contribution in [0.25, 0.3) is 0 Å². The third-order valence-corrected chi connectivity index (χ3v) is 6.02. The van der Waals surface area contributed by atoms with Crippen LogP contribution in [-0.2, 0) is 33.4 Å². The van der Waals surface area contributed by atoms with E-state index in [-0.39, 0.29) is 23.4 Å². The van der Waals surface area contributed by atoms with E-state index < -0.39 is 47.6 Å². The molecule has 5 atom stereocenters. The maximum atomic E-state index is 12.9. The zero-order valence-corrected chi connectivity index (χ0v) is 17.9. The lowest BCUT2D eigenvalue weighted by Gasteiger charge is -2.34. The van der Waals surface area contributed by atoms with Crippen molar-refractivity contribution in [2.24, 2.45) is 11.8 Å². The number of ketones is 1. The number of ether oxygens (including phenoxy) is 3. The largest absolute Gasteiger partial charge is 0.458 e. The van der Waals surface area contributed by atoms with Crippen molar-refractivity contribution < 1.29 is 33.4 Å². The minimum atomic E-state index is -1.71. The number of carbonyl (C=O) groups excluding carboxylic acids is 4. The fourth-order valence-electron chi connectivity index (χ4n) is 4.54. The minimum absolute atomic E-state index is 0.124. The second-order valence-electron chi connectivity index (χ2n) is 8.53. The Morgan fingerprint density at radius 1 is 1.13 bits per heavy atom. The van der Waals surface area contributed by atoms with Gasteiger partial charge in [-0.2, -0.15) is 0 Å². The smallest absolute Gasteiger partial charge is 0.351 e. The van der Waals surface area contributed by atoms with E-state index in [1.807, 2.05) is 0 Å². The van der Waals surface area contributed by atoms with E-state index in [1.165, 1.54) is 26.8 Å². The number of hydrogen-bond acceptors (Lipinski definition) is 7. The number of hydrogen-bond donors (Lipinski definition) is 0. The van der Waals surface area contributed by atoms with Crippen molar-refractivity contribution >= 4 is 23.7 Å². The van der Waals surface area contributed by atoms with Gasteiger partial charge in [0.15, 0.2) is 5.78 Å². The van der Waals surface area contributed by atoms with Gasteiger partial charge in [0.05, 0.1) is 5.92 Å². The lowest BCUT2D eigenvalue weighted by Crippen LogP contribution is -2.50. The summed E-state index contributed by atoms with van der Waals surface area (Å²) in [6.07, 6.45) is 0.0608. The second-order valence-corrected chi connectivity index (χ2v) is 8.53. The monoisotopic (exact) mass is 414 g/mol. The van der Waals surface area contributed by atoms with Crippen LogP contribution in [0, 0.1) is 11.8 Å². The summed E-state index contributed by atoms with van der Waals surface area (Å²) in [6.45, 7) is 15.2. The highest BCUT2D eigenvalue weighted by Crippen LogP contribution is 2.51. The first-order chi connectivity index (χ1) is 13.9. The minimum Gasteiger partial charge on any atom is -0.458 e. The van der Waals surface area contributed by atoms with E-state index in [0.29, 0.717) is 5.57 Å². The van der Waals surface area contributed by atoms with Crippen LogP contribution in [0.4, 0.5) is 0 Å². The summed E-state index contributed by atoms with van der Waals surface area (Å²) in [7, 11) is 0. The van der Waals surface area contributed by atoms with Gasteiger partial charge in [-0.25, -0.2) is 14.4 Å². The molecule has 0 radical (unpaired) electrons. The van der Waals surface area contributed by atoms with E-state index in [2.05, 4.69) is 13.2 Å². The van der Waals surface area contributed by atoms with E-state index in [0.717, 1.165) is 11.1 Å². The molecule has 0 aromatic rings. The molecule has 7 nitrogen and oxygen atoms in total. The molecule has 3 aliphatic rings. The zero-order chi connectivity index (χ0) is 22.5. The second kappa shape index (κ2) is 7.38. The Bertz CT molecular complexity index is 951. The van der Waals surface area contributed by atoms with Crippen molar-refractivity contribution in [3.05, 3.63) is 47.1 Å². The van der Waals surface area contributed by atoms with Crippen molar-refractivity contribution in [2.75, 3.05) is 0 Å². The first kappa shape index (κ1) is 21.7. The molecule has 160 valence electrons. The van der Waals surface area contributed by atoms with Crippen LogP contribution in [0.5, 0.6) is 0 Å². The summed E-state index contributed by atoms with van der Waals surface area (Å²) in [5.41, 5.74) is 0.649. The van der Waals surface area contributed by atoms with Crippen molar-refractivity contribution in [3.63, 3.8) is 0 Å². The summed E-state index contributed by atoms with van der Waals surface area (Å²) in [5, 5.41) is 0. The van der Waals surface area contributed by atoms with Crippen LogP contribution < -0.4 is 0 Å². The Hall–Kier alpha value is -2.96. The molecular formula is C23H26O7. The zero-order valence-electron chi connectivity index (χ0n) is 17.9. The van der Waals surface area contributed by atoms with Gasteiger partial charge in [-0.3, -0.25) is 4.79 Å². The SMILES string of the molecule is C=C(C)C(=O)O[C@H]1CC(C)=C2C(=O)C=C(C)[C@@H]2[C@H]2OC(=O)[C@@](C)(OC(=O)C(=C)C)[C@@H]21. The average molecular weight is 414 g/mol. The van der Waals surface area contributed by atoms with Crippen LogP contribution in [0.3, 0.4) is 0 Å². The van der Waals surface area contributed by atoms with Gasteiger partial charge >= 0.3 is 17.9 Å². The fourth-order valence-corrected chi connectivity index (χ4v) is 4.54. The highest BCUT2D eigenvalue weighted by atomic mass is 16.6. The standard InChI is InChI=1S/C23H26O7/c1-10(2)20(25)28-15-9-13(6)16-14(24)8-12(5)17(16)19-18(15)23(7,22(27)29-19)30-21(26)11(3)4/h8,15,17-19H,1,3,9H2,2,4-7H3/t15-,17-,18+,19+,23-/m0/s1. The molecule has 0 bridgehead atoms. The molecule has 30 heavy (non-hydrogen) atoms. The molecule has 3 rings (SSSR count). The number of fused-ring (bicyclic) bond motifs is 3. The number of allylic oxidation sites excluding steroid dienone is 1. The van der Waals surface area contributed by atoms with E-state index >= 15 is 0 Å². The predicted molar refractivity (Wildman–Crippen MR) is 107 cm³/mol. The highest BCUT2D eigenvalue weighted by Gasteiger charge is 2.65. The van der Waals surface area contributed by atoms with Crippen molar-refractivity contribution in [3.8, 4) is 0 Å². The number of carbonyl (C=O) groups is 4. The topological polar surface area (TPSA) is 96.0 Å². The van der Waals surface area contributed by atoms with Gasteiger partial charge in [-0.15, -0.1) is 0 Å². The summed E-state index contributed by atoms with van der Waals surface area (Å²) < 4.78 is 17.0. The van der Waals surface area contributed by atoms with Gasteiger partial charge in [0, 0.05) is 29.1 Å². The maximum absolute atomic E-state index is 12.9. The Morgan fingerprint density at radius 3 is 2.30 bits per heavy atom. The van der Waals surface area contributed by atoms with Crippen LogP contribution in [0.15, 0.2) is 47.1 Å². The van der Waals surface area contributed by atoms with Crippen LogP contribution in [0.2, 0.25) is 0 Å². The molecule has 1 fully saturated rings. The van der Waals surface area contributed by atoms with E-state index in [1.54, 1.807) is 13.8 Å². The van der Waals surface area contributed by atoms with Crippen molar-refractivity contribution in [2.45, 2.75) is 58.8 Å². The van der Waals surface area contributed by atoms with Crippen molar-refractivity contribution in [1.82, 2.24) is 0 Å². The quantitative estimate of drug-likeness (QED) is 0.396. The van der Waals surface area contributed by atoms with Gasteiger partial charge in [0.2, 0.25) is 5.60 Å². The number of rotatable bonds is 4. The normalized spacial score (nSPS) is 32.5. The molecule has 0 spiro atoms. The molecule has 0 N–H and O–H groups in total. The Kier molecular flexibility index (Phi) is 5.35. The highest BCUT2D eigenvalue weighted by molar-refractivity contribution is 6.09. The van der Waals surface area contributed by atoms with Gasteiger partial charge in [-0.05, 0) is 40.7 Å². The van der Waals surface area contributed by atoms with Crippen LogP contribution >= 0.6 is 0 Å². The Morgan fingerprint density at radius 2 is 1.73 bits per heavy atom. The summed E-state index contributed by atoms with van der Waals surface area (Å²) in [6, 6.07) is 0. The first-order valence-corrected chi connectivity index (χ1v) is 9.77. The molecule has 2 aliphatic carbocycles. The molecule has 0 unspecified atom stereocenters. The van der Waals surface area contributed by atoms with E-state index in [4.69, 9.17) is 14.2 Å². The summed E-state index contributed by atoms with van der Waals surface area (Å²) in [4.78, 5) is 50.3. The molecule has 0 aromatic heterocycles. The predicted octanol–water partition coefficient (Wildman–Crippen LogP) is 2.76. The third kappa shape index (κ3) is 3.32. The Labute approximate surface area is 175 Å². The fraction of sp³-hybridized carbons (Fsp3) is 0.478. The summed E-state index contributed by atoms with van der Waals surface area (Å²) >= 11 is 0. The van der Waals surface area contributed by atoms with E-state index in [9.17, 15) is 19.2 Å². The molecule has 1 heterocycles. The van der Waals surface area contributed by atoms with Crippen molar-refractivity contribution in [1.29, 1.82) is 0 Å². The molecular weight excluding hydrogens is 388 g/mol. The van der Waals surface area contributed by atoms with Gasteiger partial charge in [-0.1, -0.05) is 24.3 Å². The van der Waals surface area contributed by atoms with Crippen LogP contribution in [-0.4, -0.2) is 41.5 Å².